The first-order chi connectivity index (χ1) is 7.87. The molecule has 16 heavy (non-hydrogen) atoms. The lowest BCUT2D eigenvalue weighted by Crippen LogP contribution is -2.39. The quantitative estimate of drug-likeness (QED) is 0.784. The summed E-state index contributed by atoms with van der Waals surface area (Å²) >= 11 is 0. The van der Waals surface area contributed by atoms with E-state index in [0.717, 1.165) is 38.6 Å². The predicted molar refractivity (Wildman–Crippen MR) is 65.5 cm³/mol. The number of carbonyl (C=O) groups excluding carboxylic acids is 1. The Morgan fingerprint density at radius 1 is 1.19 bits per heavy atom. The molecule has 0 aromatic heterocycles. The highest BCUT2D eigenvalue weighted by Gasteiger charge is 2.32. The van der Waals surface area contributed by atoms with E-state index in [1.54, 1.807) is 0 Å². The average Bonchev–Trinajstić information content (AvgIpc) is 2.38. The first kappa shape index (κ1) is 11.3. The summed E-state index contributed by atoms with van der Waals surface area (Å²) in [6.45, 7) is 2.13. The largest absolute Gasteiger partial charge is 0.317 e. The van der Waals surface area contributed by atoms with E-state index in [4.69, 9.17) is 0 Å². The minimum atomic E-state index is 0.230. The molecule has 1 aromatic carbocycles. The van der Waals surface area contributed by atoms with E-state index >= 15 is 0 Å². The van der Waals surface area contributed by atoms with Gasteiger partial charge in [-0.3, -0.25) is 0 Å². The molecule has 0 atom stereocenters. The van der Waals surface area contributed by atoms with Crippen LogP contribution in [0.1, 0.15) is 31.2 Å². The second-order valence-electron chi connectivity index (χ2n) is 4.60. The maximum absolute atomic E-state index is 10.6. The fraction of sp³-hybridized carbons (Fsp3) is 0.500. The third-order valence-electron chi connectivity index (χ3n) is 3.69. The topological polar surface area (TPSA) is 29.1 Å². The zero-order valence-corrected chi connectivity index (χ0v) is 9.61. The van der Waals surface area contributed by atoms with Gasteiger partial charge in [-0.1, -0.05) is 30.3 Å². The lowest BCUT2D eigenvalue weighted by Gasteiger charge is -2.38. The Morgan fingerprint density at radius 3 is 2.50 bits per heavy atom. The van der Waals surface area contributed by atoms with Crippen LogP contribution in [0.15, 0.2) is 30.3 Å². The van der Waals surface area contributed by atoms with Crippen molar-refractivity contribution in [3.63, 3.8) is 0 Å². The van der Waals surface area contributed by atoms with E-state index in [-0.39, 0.29) is 5.41 Å². The molecule has 1 aromatic rings. The van der Waals surface area contributed by atoms with E-state index in [0.29, 0.717) is 6.42 Å². The zero-order valence-electron chi connectivity index (χ0n) is 9.61. The summed E-state index contributed by atoms with van der Waals surface area (Å²) in [6, 6.07) is 10.7. The molecule has 2 rings (SSSR count). The van der Waals surface area contributed by atoms with Crippen LogP contribution in [0.25, 0.3) is 0 Å². The summed E-state index contributed by atoms with van der Waals surface area (Å²) in [6.07, 6.45) is 5.00. The lowest BCUT2D eigenvalue weighted by molar-refractivity contribution is -0.108. The Morgan fingerprint density at radius 2 is 1.88 bits per heavy atom. The minimum absolute atomic E-state index is 0.230. The first-order valence-corrected chi connectivity index (χ1v) is 6.07. The molecule has 2 heteroatoms. The van der Waals surface area contributed by atoms with Gasteiger partial charge in [-0.15, -0.1) is 0 Å². The fourth-order valence-electron chi connectivity index (χ4n) is 2.72. The monoisotopic (exact) mass is 217 g/mol. The molecule has 0 saturated carbocycles. The molecule has 1 N–H and O–H groups in total. The van der Waals surface area contributed by atoms with E-state index in [9.17, 15) is 4.79 Å². The van der Waals surface area contributed by atoms with Crippen LogP contribution in [0.2, 0.25) is 0 Å². The third kappa shape index (κ3) is 2.33. The maximum Gasteiger partial charge on any atom is 0.120 e. The third-order valence-corrected chi connectivity index (χ3v) is 3.69. The SMILES string of the molecule is O=CCCC1(c2ccccc2)CCNCC1. The molecule has 0 bridgehead atoms. The summed E-state index contributed by atoms with van der Waals surface area (Å²) in [7, 11) is 0. The molecule has 1 heterocycles. The second kappa shape index (κ2) is 5.26. The van der Waals surface area contributed by atoms with Crippen LogP contribution < -0.4 is 5.32 Å². The van der Waals surface area contributed by atoms with Crippen molar-refractivity contribution in [1.82, 2.24) is 5.32 Å². The van der Waals surface area contributed by atoms with Gasteiger partial charge < -0.3 is 10.1 Å². The van der Waals surface area contributed by atoms with Crippen molar-refractivity contribution in [3.05, 3.63) is 35.9 Å². The summed E-state index contributed by atoms with van der Waals surface area (Å²) in [5.41, 5.74) is 1.63. The molecule has 1 saturated heterocycles. The summed E-state index contributed by atoms with van der Waals surface area (Å²) in [4.78, 5) is 10.6. The van der Waals surface area contributed by atoms with Crippen LogP contribution in [0, 0.1) is 0 Å². The van der Waals surface area contributed by atoms with E-state index in [1.807, 2.05) is 0 Å². The average molecular weight is 217 g/mol. The molecule has 1 aliphatic heterocycles. The Bertz CT molecular complexity index is 328. The van der Waals surface area contributed by atoms with Crippen molar-refractivity contribution in [3.8, 4) is 0 Å². The molecule has 1 fully saturated rings. The van der Waals surface area contributed by atoms with Gasteiger partial charge in [0.2, 0.25) is 0 Å². The van der Waals surface area contributed by atoms with Crippen LogP contribution in [-0.2, 0) is 10.2 Å². The number of hydrogen-bond donors (Lipinski definition) is 1. The predicted octanol–water partition coefficient (Wildman–Crippen LogP) is 2.29. The van der Waals surface area contributed by atoms with Crippen LogP contribution in [-0.4, -0.2) is 19.4 Å². The Labute approximate surface area is 97.1 Å². The van der Waals surface area contributed by atoms with Crippen molar-refractivity contribution in [1.29, 1.82) is 0 Å². The van der Waals surface area contributed by atoms with Crippen molar-refractivity contribution in [2.75, 3.05) is 13.1 Å². The van der Waals surface area contributed by atoms with Gasteiger partial charge in [-0.25, -0.2) is 0 Å². The molecule has 2 nitrogen and oxygen atoms in total. The molecule has 1 aliphatic rings. The Kier molecular flexibility index (Phi) is 3.73. The lowest BCUT2D eigenvalue weighted by atomic mass is 9.70. The smallest absolute Gasteiger partial charge is 0.120 e. The van der Waals surface area contributed by atoms with Crippen molar-refractivity contribution >= 4 is 6.29 Å². The van der Waals surface area contributed by atoms with Gasteiger partial charge in [0.05, 0.1) is 0 Å². The molecule has 86 valence electrons. The molecule has 0 amide bonds. The number of rotatable bonds is 4. The van der Waals surface area contributed by atoms with Crippen molar-refractivity contribution in [2.24, 2.45) is 0 Å². The zero-order chi connectivity index (χ0) is 11.3. The van der Waals surface area contributed by atoms with Crippen LogP contribution in [0.5, 0.6) is 0 Å². The Hall–Kier alpha value is -1.15. The number of piperidine rings is 1. The van der Waals surface area contributed by atoms with Gasteiger partial charge in [0.15, 0.2) is 0 Å². The highest BCUT2D eigenvalue weighted by molar-refractivity contribution is 5.49. The second-order valence-corrected chi connectivity index (χ2v) is 4.60. The summed E-state index contributed by atoms with van der Waals surface area (Å²) in [5.74, 6) is 0. The normalized spacial score (nSPS) is 19.2. The van der Waals surface area contributed by atoms with Gasteiger partial charge in [-0.2, -0.15) is 0 Å². The van der Waals surface area contributed by atoms with E-state index < -0.39 is 0 Å². The number of nitrogens with one attached hydrogen (secondary N) is 1. The highest BCUT2D eigenvalue weighted by Crippen LogP contribution is 2.37. The van der Waals surface area contributed by atoms with Gasteiger partial charge in [0.25, 0.3) is 0 Å². The standard InChI is InChI=1S/C14H19NO/c16-12-4-7-14(8-10-15-11-9-14)13-5-2-1-3-6-13/h1-3,5-6,12,15H,4,7-11H2. The van der Waals surface area contributed by atoms with Crippen LogP contribution in [0.4, 0.5) is 0 Å². The number of benzene rings is 1. The molecule has 0 unspecified atom stereocenters. The fourth-order valence-corrected chi connectivity index (χ4v) is 2.72. The molecular weight excluding hydrogens is 198 g/mol. The van der Waals surface area contributed by atoms with E-state index in [2.05, 4.69) is 35.6 Å². The molecule has 0 aliphatic carbocycles. The van der Waals surface area contributed by atoms with Gasteiger partial charge >= 0.3 is 0 Å². The summed E-state index contributed by atoms with van der Waals surface area (Å²) in [5, 5.41) is 3.40. The van der Waals surface area contributed by atoms with Gasteiger partial charge in [-0.05, 0) is 43.3 Å². The number of carbonyl (C=O) groups is 1. The molecule has 0 radical (unpaired) electrons. The molecule has 0 spiro atoms. The van der Waals surface area contributed by atoms with Gasteiger partial charge in [0, 0.05) is 6.42 Å². The van der Waals surface area contributed by atoms with Crippen molar-refractivity contribution in [2.45, 2.75) is 31.1 Å². The van der Waals surface area contributed by atoms with Crippen LogP contribution in [0.3, 0.4) is 0 Å². The maximum atomic E-state index is 10.6. The Balaban J connectivity index is 2.22. The minimum Gasteiger partial charge on any atom is -0.317 e. The van der Waals surface area contributed by atoms with Crippen LogP contribution >= 0.6 is 0 Å². The first-order valence-electron chi connectivity index (χ1n) is 6.07. The number of aldehydes is 1. The number of hydrogen-bond acceptors (Lipinski definition) is 2. The van der Waals surface area contributed by atoms with Crippen molar-refractivity contribution < 1.29 is 4.79 Å². The molecular formula is C14H19NO. The van der Waals surface area contributed by atoms with E-state index in [1.165, 1.54) is 5.56 Å². The van der Waals surface area contributed by atoms with Gasteiger partial charge in [0.1, 0.15) is 6.29 Å². The summed E-state index contributed by atoms with van der Waals surface area (Å²) < 4.78 is 0. The highest BCUT2D eigenvalue weighted by atomic mass is 16.1.